The first kappa shape index (κ1) is 30.0. The Labute approximate surface area is 253 Å². The average Bonchev–Trinajstić information content (AvgIpc) is 2.99. The molecule has 0 fully saturated rings. The molecular weight excluding hydrogens is 592 g/mol. The van der Waals surface area contributed by atoms with Gasteiger partial charge in [-0.3, -0.25) is 19.2 Å². The third-order valence-corrected chi connectivity index (χ3v) is 8.76. The number of hydrogen-bond acceptors (Lipinski definition) is 13. The molecule has 0 aliphatic heterocycles. The number of carbonyl (C=O) groups is 4. The summed E-state index contributed by atoms with van der Waals surface area (Å²) in [6.07, 6.45) is -6.43. The Hall–Kier alpha value is -5.08. The van der Waals surface area contributed by atoms with E-state index in [1.54, 1.807) is 0 Å². The van der Waals surface area contributed by atoms with Gasteiger partial charge in [-0.25, -0.2) is 0 Å². The van der Waals surface area contributed by atoms with Crippen molar-refractivity contribution in [3.63, 3.8) is 0 Å². The molecule has 0 saturated carbocycles. The van der Waals surface area contributed by atoms with Crippen molar-refractivity contribution < 1.29 is 64.4 Å². The fraction of sp³-hybridized carbons (Fsp3) is 0.250. The molecule has 3 aromatic rings. The predicted octanol–water partition coefficient (Wildman–Crippen LogP) is 1.09. The number of aliphatic hydroxyl groups is 4. The maximum atomic E-state index is 14.3. The molecule has 4 atom stereocenters. The van der Waals surface area contributed by atoms with Gasteiger partial charge in [0.15, 0.2) is 23.1 Å². The van der Waals surface area contributed by atoms with Crippen LogP contribution in [0.25, 0.3) is 11.1 Å². The monoisotopic (exact) mass is 618 g/mol. The third-order valence-electron chi connectivity index (χ3n) is 8.76. The van der Waals surface area contributed by atoms with Gasteiger partial charge >= 0.3 is 0 Å². The zero-order valence-corrected chi connectivity index (χ0v) is 24.1. The van der Waals surface area contributed by atoms with Crippen LogP contribution in [-0.2, 0) is 0 Å². The van der Waals surface area contributed by atoms with E-state index in [0.717, 1.165) is 32.2 Å². The number of benzene rings is 3. The first-order valence-electron chi connectivity index (χ1n) is 13.5. The van der Waals surface area contributed by atoms with Gasteiger partial charge in [0.2, 0.25) is 0 Å². The second-order valence-corrected chi connectivity index (χ2v) is 11.3. The highest BCUT2D eigenvalue weighted by atomic mass is 16.5. The molecule has 3 aromatic carbocycles. The van der Waals surface area contributed by atoms with E-state index in [1.165, 1.54) is 20.1 Å². The fourth-order valence-corrected chi connectivity index (χ4v) is 6.37. The molecule has 0 saturated heterocycles. The Morgan fingerprint density at radius 2 is 1.07 bits per heavy atom. The Kier molecular flexibility index (Phi) is 6.47. The van der Waals surface area contributed by atoms with Crippen molar-refractivity contribution in [2.75, 3.05) is 14.2 Å². The number of aliphatic hydroxyl groups excluding tert-OH is 3. The number of Topliss-reactive ketones (excluding diaryl/α,β-unsaturated/α-hetero) is 2. The van der Waals surface area contributed by atoms with Crippen molar-refractivity contribution in [3.8, 4) is 39.9 Å². The highest BCUT2D eigenvalue weighted by molar-refractivity contribution is 6.35. The van der Waals surface area contributed by atoms with Gasteiger partial charge in [0, 0.05) is 56.7 Å². The van der Waals surface area contributed by atoms with Gasteiger partial charge in [-0.15, -0.1) is 0 Å². The van der Waals surface area contributed by atoms with E-state index in [9.17, 15) is 54.9 Å². The van der Waals surface area contributed by atoms with Crippen molar-refractivity contribution in [1.82, 2.24) is 0 Å². The minimum atomic E-state index is -2.50. The van der Waals surface area contributed by atoms with Gasteiger partial charge in [-0.1, -0.05) is 0 Å². The molecule has 0 bridgehead atoms. The van der Waals surface area contributed by atoms with Crippen LogP contribution in [0, 0.1) is 6.92 Å². The lowest BCUT2D eigenvalue weighted by molar-refractivity contribution is -0.158. The molecule has 0 heterocycles. The van der Waals surface area contributed by atoms with Crippen LogP contribution in [0.5, 0.6) is 28.7 Å². The average molecular weight is 619 g/mol. The largest absolute Gasteiger partial charge is 0.508 e. The van der Waals surface area contributed by atoms with Crippen LogP contribution in [0.1, 0.15) is 65.0 Å². The van der Waals surface area contributed by atoms with Crippen molar-refractivity contribution >= 4 is 23.1 Å². The zero-order chi connectivity index (χ0) is 33.0. The number of aryl methyl sites for hydroxylation is 1. The molecule has 7 N–H and O–H groups in total. The summed E-state index contributed by atoms with van der Waals surface area (Å²) < 4.78 is 11.0. The summed E-state index contributed by atoms with van der Waals surface area (Å²) in [4.78, 5) is 56.1. The minimum Gasteiger partial charge on any atom is -0.508 e. The number of hydrogen-bond donors (Lipinski definition) is 7. The van der Waals surface area contributed by atoms with Gasteiger partial charge in [0.05, 0.1) is 25.3 Å². The Balaban J connectivity index is 1.75. The number of carbonyl (C=O) groups excluding carboxylic acids is 4. The quantitative estimate of drug-likeness (QED) is 0.171. The van der Waals surface area contributed by atoms with Crippen molar-refractivity contribution in [2.45, 2.75) is 37.8 Å². The molecule has 13 heteroatoms. The number of aromatic hydroxyl groups is 3. The summed E-state index contributed by atoms with van der Waals surface area (Å²) in [5.74, 6) is -6.34. The smallest absolute Gasteiger partial charge is 0.198 e. The molecule has 45 heavy (non-hydrogen) atoms. The van der Waals surface area contributed by atoms with Crippen LogP contribution in [0.4, 0.5) is 0 Å². The van der Waals surface area contributed by atoms with E-state index in [1.807, 2.05) is 0 Å². The number of ketones is 4. The summed E-state index contributed by atoms with van der Waals surface area (Å²) in [5, 5.41) is 75.3. The Morgan fingerprint density at radius 3 is 1.60 bits per heavy atom. The molecular formula is C32H26O13. The summed E-state index contributed by atoms with van der Waals surface area (Å²) in [5.41, 5.74) is -7.04. The second kappa shape index (κ2) is 9.71. The molecule has 0 unspecified atom stereocenters. The van der Waals surface area contributed by atoms with Crippen LogP contribution >= 0.6 is 0 Å². The number of phenols is 3. The number of fused-ring (bicyclic) bond motifs is 3. The van der Waals surface area contributed by atoms with E-state index in [4.69, 9.17) is 9.47 Å². The SMILES string of the molecule is COc1cc(O)c2c(c1-c1c(OC)cc(O)c3c1C(=O)c1cc(C)c(O)cc1C3=O)C(=O)C1=C(C2=O)[C@H](O)[C@@H](O)[C@](C)(O)[C@@H]1O. The van der Waals surface area contributed by atoms with Gasteiger partial charge < -0.3 is 45.2 Å². The van der Waals surface area contributed by atoms with Crippen molar-refractivity contribution in [1.29, 1.82) is 0 Å². The predicted molar refractivity (Wildman–Crippen MR) is 152 cm³/mol. The number of rotatable bonds is 3. The molecule has 232 valence electrons. The van der Waals surface area contributed by atoms with E-state index in [2.05, 4.69) is 0 Å². The third kappa shape index (κ3) is 3.75. The molecule has 6 rings (SSSR count). The van der Waals surface area contributed by atoms with E-state index >= 15 is 0 Å². The highest BCUT2D eigenvalue weighted by Crippen LogP contribution is 2.53. The summed E-state index contributed by atoms with van der Waals surface area (Å²) in [6, 6.07) is 4.31. The molecule has 3 aliphatic rings. The topological polar surface area (TPSA) is 228 Å². The standard InChI is InChI=1S/C32H26O13/c1-9-5-10-11(6-12(9)33)25(36)17-13(34)7-15(44-3)19(21(17)26(10)37)20-16(45-4)8-14(35)18-22(20)28(39)24-23(27(18)38)29(40)31(42)32(2,43)30(24)41/h5-8,29-31,33-35,40-43H,1-4H3/t29-,30+,31+,32+/m0/s1. The van der Waals surface area contributed by atoms with Gasteiger partial charge in [-0.05, 0) is 31.5 Å². The first-order valence-corrected chi connectivity index (χ1v) is 13.5. The Morgan fingerprint density at radius 1 is 0.622 bits per heavy atom. The summed E-state index contributed by atoms with van der Waals surface area (Å²) in [6.45, 7) is 2.45. The maximum absolute atomic E-state index is 14.3. The zero-order valence-electron chi connectivity index (χ0n) is 24.1. The lowest BCUT2D eigenvalue weighted by Crippen LogP contribution is -2.61. The number of phenolic OH excluding ortho intramolecular Hbond substituents is 3. The van der Waals surface area contributed by atoms with Crippen molar-refractivity contribution in [2.24, 2.45) is 0 Å². The normalized spacial score (nSPS) is 23.8. The highest BCUT2D eigenvalue weighted by Gasteiger charge is 2.56. The molecule has 0 aromatic heterocycles. The molecule has 13 nitrogen and oxygen atoms in total. The lowest BCUT2D eigenvalue weighted by atomic mass is 9.67. The minimum absolute atomic E-state index is 0.147. The molecule has 3 aliphatic carbocycles. The second-order valence-electron chi connectivity index (χ2n) is 11.3. The summed E-state index contributed by atoms with van der Waals surface area (Å²) in [7, 11) is 2.32. The van der Waals surface area contributed by atoms with Gasteiger partial charge in [-0.2, -0.15) is 0 Å². The lowest BCUT2D eigenvalue weighted by Gasteiger charge is -2.44. The van der Waals surface area contributed by atoms with Crippen molar-refractivity contribution in [3.05, 3.63) is 74.4 Å². The van der Waals surface area contributed by atoms with Crippen LogP contribution in [0.3, 0.4) is 0 Å². The summed E-state index contributed by atoms with van der Waals surface area (Å²) >= 11 is 0. The van der Waals surface area contributed by atoms with Crippen LogP contribution in [0.15, 0.2) is 35.4 Å². The molecule has 0 radical (unpaired) electrons. The molecule has 0 amide bonds. The van der Waals surface area contributed by atoms with E-state index in [0.29, 0.717) is 0 Å². The van der Waals surface area contributed by atoms with E-state index < -0.39 is 91.9 Å². The Bertz CT molecular complexity index is 1970. The van der Waals surface area contributed by atoms with Crippen LogP contribution in [0.2, 0.25) is 0 Å². The van der Waals surface area contributed by atoms with Gasteiger partial charge in [0.1, 0.15) is 52.7 Å². The van der Waals surface area contributed by atoms with Gasteiger partial charge in [0.25, 0.3) is 0 Å². The van der Waals surface area contributed by atoms with E-state index in [-0.39, 0.29) is 45.1 Å². The molecule has 0 spiro atoms. The maximum Gasteiger partial charge on any atom is 0.198 e. The van der Waals surface area contributed by atoms with Crippen LogP contribution < -0.4 is 9.47 Å². The fourth-order valence-electron chi connectivity index (χ4n) is 6.37. The first-order chi connectivity index (χ1) is 21.1. The van der Waals surface area contributed by atoms with Crippen LogP contribution in [-0.4, -0.2) is 97.0 Å². The number of methoxy groups -OCH3 is 2. The number of ether oxygens (including phenoxy) is 2.